The first-order valence-corrected chi connectivity index (χ1v) is 4.61. The minimum Gasteiger partial charge on any atom is -0.327 e. The number of thioether (sulfide) groups is 1. The average Bonchev–Trinajstić information content (AvgIpc) is 1.98. The lowest BCUT2D eigenvalue weighted by molar-refractivity contribution is 1.14. The zero-order valence-corrected chi connectivity index (χ0v) is 7.63. The van der Waals surface area contributed by atoms with Gasteiger partial charge in [0.15, 0.2) is 0 Å². The average molecular weight is 190 g/mol. The second kappa shape index (κ2) is 3.83. The molecule has 0 saturated carbocycles. The first kappa shape index (κ1) is 8.68. The molecule has 0 aliphatic rings. The molecule has 1 aromatic rings. The molecule has 60 valence electrons. The number of pyridine rings is 1. The van der Waals surface area contributed by atoms with E-state index in [-0.39, 0.29) is 5.56 Å². The van der Waals surface area contributed by atoms with Gasteiger partial charge in [-0.2, -0.15) is 0 Å². The number of aromatic amines is 1. The summed E-state index contributed by atoms with van der Waals surface area (Å²) >= 11 is 7.16. The SMILES string of the molecule is CCSc1cc(Cl)c[nH]c1=O. The van der Waals surface area contributed by atoms with Crippen LogP contribution in [0.2, 0.25) is 5.02 Å². The Kier molecular flexibility index (Phi) is 3.02. The number of aromatic nitrogens is 1. The fourth-order valence-corrected chi connectivity index (χ4v) is 1.64. The molecule has 1 aromatic heterocycles. The summed E-state index contributed by atoms with van der Waals surface area (Å²) in [7, 11) is 0. The molecule has 0 aliphatic heterocycles. The first-order valence-electron chi connectivity index (χ1n) is 3.25. The van der Waals surface area contributed by atoms with E-state index in [1.165, 1.54) is 18.0 Å². The molecule has 0 unspecified atom stereocenters. The summed E-state index contributed by atoms with van der Waals surface area (Å²) in [6.07, 6.45) is 1.49. The van der Waals surface area contributed by atoms with E-state index in [4.69, 9.17) is 11.6 Å². The van der Waals surface area contributed by atoms with Crippen molar-refractivity contribution in [1.29, 1.82) is 0 Å². The van der Waals surface area contributed by atoms with Crippen LogP contribution in [0, 0.1) is 0 Å². The van der Waals surface area contributed by atoms with Crippen molar-refractivity contribution in [3.8, 4) is 0 Å². The molecule has 0 amide bonds. The van der Waals surface area contributed by atoms with E-state index in [1.807, 2.05) is 6.92 Å². The van der Waals surface area contributed by atoms with Gasteiger partial charge in [-0.05, 0) is 11.8 Å². The number of hydrogen-bond donors (Lipinski definition) is 1. The van der Waals surface area contributed by atoms with Crippen LogP contribution in [0.5, 0.6) is 0 Å². The van der Waals surface area contributed by atoms with Crippen molar-refractivity contribution in [2.75, 3.05) is 5.75 Å². The van der Waals surface area contributed by atoms with Gasteiger partial charge in [0.2, 0.25) is 0 Å². The molecular weight excluding hydrogens is 182 g/mol. The number of H-pyrrole nitrogens is 1. The van der Waals surface area contributed by atoms with Crippen molar-refractivity contribution in [2.45, 2.75) is 11.8 Å². The largest absolute Gasteiger partial charge is 0.327 e. The third kappa shape index (κ3) is 2.27. The van der Waals surface area contributed by atoms with Crippen molar-refractivity contribution in [1.82, 2.24) is 4.98 Å². The van der Waals surface area contributed by atoms with Crippen LogP contribution in [0.4, 0.5) is 0 Å². The molecule has 0 radical (unpaired) electrons. The highest BCUT2D eigenvalue weighted by Crippen LogP contribution is 2.15. The Morgan fingerprint density at radius 3 is 3.09 bits per heavy atom. The van der Waals surface area contributed by atoms with Gasteiger partial charge in [0.05, 0.1) is 9.92 Å². The maximum atomic E-state index is 11.0. The van der Waals surface area contributed by atoms with Crippen molar-refractivity contribution >= 4 is 23.4 Å². The molecule has 0 spiro atoms. The minimum absolute atomic E-state index is 0.0683. The van der Waals surface area contributed by atoms with Crippen LogP contribution >= 0.6 is 23.4 Å². The third-order valence-corrected chi connectivity index (χ3v) is 2.25. The Bertz CT molecular complexity index is 297. The van der Waals surface area contributed by atoms with E-state index >= 15 is 0 Å². The normalized spacial score (nSPS) is 10.0. The quantitative estimate of drug-likeness (QED) is 0.724. The van der Waals surface area contributed by atoms with Crippen LogP contribution in [-0.4, -0.2) is 10.7 Å². The van der Waals surface area contributed by atoms with Gasteiger partial charge in [0, 0.05) is 6.20 Å². The summed E-state index contributed by atoms with van der Waals surface area (Å²) < 4.78 is 0. The van der Waals surface area contributed by atoms with Crippen molar-refractivity contribution in [2.24, 2.45) is 0 Å². The number of rotatable bonds is 2. The van der Waals surface area contributed by atoms with E-state index in [0.717, 1.165) is 5.75 Å². The molecule has 1 rings (SSSR count). The predicted molar refractivity (Wildman–Crippen MR) is 48.5 cm³/mol. The smallest absolute Gasteiger partial charge is 0.261 e. The number of halogens is 1. The Morgan fingerprint density at radius 1 is 1.73 bits per heavy atom. The Morgan fingerprint density at radius 2 is 2.45 bits per heavy atom. The molecule has 1 N–H and O–H groups in total. The van der Waals surface area contributed by atoms with Crippen LogP contribution in [0.1, 0.15) is 6.92 Å². The topological polar surface area (TPSA) is 32.9 Å². The molecule has 0 saturated heterocycles. The Hall–Kier alpha value is -0.410. The van der Waals surface area contributed by atoms with Crippen molar-refractivity contribution < 1.29 is 0 Å². The maximum Gasteiger partial charge on any atom is 0.261 e. The molecule has 0 bridgehead atoms. The first-order chi connectivity index (χ1) is 5.24. The standard InChI is InChI=1S/C7H8ClNOS/c1-2-11-6-3-5(8)4-9-7(6)10/h3-4H,2H2,1H3,(H,9,10). The lowest BCUT2D eigenvalue weighted by atomic mass is 10.5. The second-order valence-electron chi connectivity index (χ2n) is 1.94. The van der Waals surface area contributed by atoms with E-state index in [2.05, 4.69) is 4.98 Å². The highest BCUT2D eigenvalue weighted by Gasteiger charge is 1.98. The van der Waals surface area contributed by atoms with Gasteiger partial charge >= 0.3 is 0 Å². The summed E-state index contributed by atoms with van der Waals surface area (Å²) in [6, 6.07) is 1.68. The highest BCUT2D eigenvalue weighted by atomic mass is 35.5. The molecule has 0 aromatic carbocycles. The highest BCUT2D eigenvalue weighted by molar-refractivity contribution is 7.99. The van der Waals surface area contributed by atoms with E-state index in [0.29, 0.717) is 9.92 Å². The fraction of sp³-hybridized carbons (Fsp3) is 0.286. The zero-order valence-electron chi connectivity index (χ0n) is 6.06. The third-order valence-electron chi connectivity index (χ3n) is 1.13. The lowest BCUT2D eigenvalue weighted by Crippen LogP contribution is -2.06. The van der Waals surface area contributed by atoms with Crippen LogP contribution in [-0.2, 0) is 0 Å². The summed E-state index contributed by atoms with van der Waals surface area (Å²) in [5.74, 6) is 0.878. The molecule has 2 nitrogen and oxygen atoms in total. The summed E-state index contributed by atoms with van der Waals surface area (Å²) in [6.45, 7) is 1.99. The van der Waals surface area contributed by atoms with Crippen molar-refractivity contribution in [3.05, 3.63) is 27.6 Å². The van der Waals surface area contributed by atoms with E-state index in [9.17, 15) is 4.79 Å². The van der Waals surface area contributed by atoms with E-state index in [1.54, 1.807) is 6.07 Å². The van der Waals surface area contributed by atoms with Gasteiger partial charge < -0.3 is 4.98 Å². The van der Waals surface area contributed by atoms with Gasteiger partial charge in [-0.15, -0.1) is 11.8 Å². The Labute approximate surface area is 74.0 Å². The molecule has 11 heavy (non-hydrogen) atoms. The van der Waals surface area contributed by atoms with Gasteiger partial charge in [-0.3, -0.25) is 4.79 Å². The van der Waals surface area contributed by atoms with Crippen LogP contribution < -0.4 is 5.56 Å². The molecule has 0 aliphatic carbocycles. The van der Waals surface area contributed by atoms with Crippen LogP contribution in [0.3, 0.4) is 0 Å². The monoisotopic (exact) mass is 189 g/mol. The molecule has 4 heteroatoms. The van der Waals surface area contributed by atoms with Crippen LogP contribution in [0.15, 0.2) is 22.0 Å². The second-order valence-corrected chi connectivity index (χ2v) is 3.69. The Balaban J connectivity index is 3.03. The number of nitrogens with one attached hydrogen (secondary N) is 1. The van der Waals surface area contributed by atoms with Crippen molar-refractivity contribution in [3.63, 3.8) is 0 Å². The molecule has 0 atom stereocenters. The fourth-order valence-electron chi connectivity index (χ4n) is 0.701. The molecule has 1 heterocycles. The summed E-state index contributed by atoms with van der Waals surface area (Å²) in [5.41, 5.74) is -0.0683. The summed E-state index contributed by atoms with van der Waals surface area (Å²) in [4.78, 5) is 14.3. The maximum absolute atomic E-state index is 11.0. The van der Waals surface area contributed by atoms with Gasteiger partial charge in [0.1, 0.15) is 0 Å². The summed E-state index contributed by atoms with van der Waals surface area (Å²) in [5, 5.41) is 0.570. The number of hydrogen-bond acceptors (Lipinski definition) is 2. The van der Waals surface area contributed by atoms with Gasteiger partial charge in [0.25, 0.3) is 5.56 Å². The van der Waals surface area contributed by atoms with Gasteiger partial charge in [-0.1, -0.05) is 18.5 Å². The zero-order chi connectivity index (χ0) is 8.27. The van der Waals surface area contributed by atoms with Crippen LogP contribution in [0.25, 0.3) is 0 Å². The minimum atomic E-state index is -0.0683. The predicted octanol–water partition coefficient (Wildman–Crippen LogP) is 2.14. The molecule has 0 fully saturated rings. The molecular formula is C7H8ClNOS. The van der Waals surface area contributed by atoms with Gasteiger partial charge in [-0.25, -0.2) is 0 Å². The van der Waals surface area contributed by atoms with E-state index < -0.39 is 0 Å². The lowest BCUT2D eigenvalue weighted by Gasteiger charge is -1.95.